The smallest absolute Gasteiger partial charge is 0.226 e. The highest BCUT2D eigenvalue weighted by atomic mass is 16.2. The van der Waals surface area contributed by atoms with Gasteiger partial charge in [-0.15, -0.1) is 0 Å². The van der Waals surface area contributed by atoms with Crippen LogP contribution in [0.4, 0.5) is 0 Å². The molecule has 2 N–H and O–H groups in total. The molecule has 0 saturated carbocycles. The summed E-state index contributed by atoms with van der Waals surface area (Å²) in [6.45, 7) is 5.61. The zero-order chi connectivity index (χ0) is 15.2. The summed E-state index contributed by atoms with van der Waals surface area (Å²) in [4.78, 5) is 14.9. The van der Waals surface area contributed by atoms with E-state index in [0.29, 0.717) is 12.5 Å². The Labute approximate surface area is 128 Å². The molecule has 1 aromatic rings. The molecule has 1 aliphatic rings. The van der Waals surface area contributed by atoms with E-state index < -0.39 is 0 Å². The predicted octanol–water partition coefficient (Wildman–Crippen LogP) is 3.29. The van der Waals surface area contributed by atoms with Gasteiger partial charge in [0.05, 0.1) is 6.04 Å². The molecule has 0 aliphatic carbocycles. The van der Waals surface area contributed by atoms with Crippen molar-refractivity contribution in [3.63, 3.8) is 0 Å². The van der Waals surface area contributed by atoms with Crippen molar-refractivity contribution < 1.29 is 4.79 Å². The number of unbranched alkanes of at least 4 members (excludes halogenated alkanes) is 1. The minimum atomic E-state index is 0.0538. The van der Waals surface area contributed by atoms with Crippen LogP contribution < -0.4 is 5.73 Å². The van der Waals surface area contributed by atoms with Gasteiger partial charge in [0.1, 0.15) is 0 Å². The van der Waals surface area contributed by atoms with Gasteiger partial charge in [0.25, 0.3) is 0 Å². The number of amides is 1. The Morgan fingerprint density at radius 3 is 2.81 bits per heavy atom. The molecule has 0 aromatic heterocycles. The van der Waals surface area contributed by atoms with E-state index in [1.54, 1.807) is 0 Å². The molecule has 2 rings (SSSR count). The normalized spacial score (nSPS) is 19.2. The number of fused-ring (bicyclic) bond motifs is 1. The first-order valence-electron chi connectivity index (χ1n) is 8.31. The summed E-state index contributed by atoms with van der Waals surface area (Å²) >= 11 is 0. The summed E-state index contributed by atoms with van der Waals surface area (Å²) in [5.41, 5.74) is 8.58. The van der Waals surface area contributed by atoms with E-state index in [1.165, 1.54) is 11.1 Å². The van der Waals surface area contributed by atoms with E-state index in [4.69, 9.17) is 5.73 Å². The molecule has 0 fully saturated rings. The molecule has 21 heavy (non-hydrogen) atoms. The first-order valence-corrected chi connectivity index (χ1v) is 8.31. The van der Waals surface area contributed by atoms with Crippen LogP contribution in [0.2, 0.25) is 0 Å². The number of carbonyl (C=O) groups excluding carboxylic acids is 1. The molecule has 3 heteroatoms. The van der Waals surface area contributed by atoms with Crippen LogP contribution in [-0.2, 0) is 11.2 Å². The molecule has 1 aliphatic heterocycles. The van der Waals surface area contributed by atoms with Crippen molar-refractivity contribution in [3.8, 4) is 0 Å². The van der Waals surface area contributed by atoms with Gasteiger partial charge in [-0.25, -0.2) is 0 Å². The number of carbonyl (C=O) groups is 1. The van der Waals surface area contributed by atoms with Crippen LogP contribution in [0.1, 0.15) is 56.7 Å². The molecule has 1 aromatic carbocycles. The van der Waals surface area contributed by atoms with E-state index in [0.717, 1.165) is 38.6 Å². The highest BCUT2D eigenvalue weighted by Gasteiger charge is 2.32. The molecule has 2 unspecified atom stereocenters. The highest BCUT2D eigenvalue weighted by Crippen LogP contribution is 2.31. The number of nitrogens with zero attached hydrogens (tertiary/aromatic N) is 1. The molecule has 0 spiro atoms. The molecule has 0 radical (unpaired) electrons. The van der Waals surface area contributed by atoms with Gasteiger partial charge in [-0.05, 0) is 30.4 Å². The lowest BCUT2D eigenvalue weighted by molar-refractivity contribution is -0.138. The van der Waals surface area contributed by atoms with Crippen LogP contribution >= 0.6 is 0 Å². The zero-order valence-corrected chi connectivity index (χ0v) is 13.3. The van der Waals surface area contributed by atoms with Crippen LogP contribution in [0.5, 0.6) is 0 Å². The van der Waals surface area contributed by atoms with Crippen LogP contribution in [0.3, 0.4) is 0 Å². The largest absolute Gasteiger partial charge is 0.334 e. The first-order chi connectivity index (χ1) is 10.2. The van der Waals surface area contributed by atoms with Gasteiger partial charge in [-0.3, -0.25) is 4.79 Å². The molecule has 3 nitrogen and oxygen atoms in total. The minimum absolute atomic E-state index is 0.0538. The third-order valence-corrected chi connectivity index (χ3v) is 4.67. The molecular weight excluding hydrogens is 260 g/mol. The SMILES string of the molecule is CCCCC(CC)C(=O)N1CCc2ccccc2C1CN. The van der Waals surface area contributed by atoms with Gasteiger partial charge < -0.3 is 10.6 Å². The fraction of sp³-hybridized carbons (Fsp3) is 0.611. The molecule has 0 bridgehead atoms. The van der Waals surface area contributed by atoms with E-state index >= 15 is 0 Å². The van der Waals surface area contributed by atoms with Gasteiger partial charge in [0.2, 0.25) is 5.91 Å². The number of hydrogen-bond donors (Lipinski definition) is 1. The lowest BCUT2D eigenvalue weighted by Gasteiger charge is -2.38. The molecule has 0 saturated heterocycles. The standard InChI is InChI=1S/C18H28N2O/c1-3-5-8-14(4-2)18(21)20-12-11-15-9-6-7-10-16(15)17(20)13-19/h6-7,9-10,14,17H,3-5,8,11-13,19H2,1-2H3. The van der Waals surface area contributed by atoms with Crippen molar-refractivity contribution in [3.05, 3.63) is 35.4 Å². The second-order valence-electron chi connectivity index (χ2n) is 5.98. The third kappa shape index (κ3) is 3.46. The Kier molecular flexibility index (Phi) is 5.80. The van der Waals surface area contributed by atoms with Crippen molar-refractivity contribution in [2.75, 3.05) is 13.1 Å². The topological polar surface area (TPSA) is 46.3 Å². The van der Waals surface area contributed by atoms with E-state index in [-0.39, 0.29) is 12.0 Å². The van der Waals surface area contributed by atoms with Crippen LogP contribution in [0.25, 0.3) is 0 Å². The maximum Gasteiger partial charge on any atom is 0.226 e. The Bertz CT molecular complexity index is 472. The number of benzene rings is 1. The second-order valence-corrected chi connectivity index (χ2v) is 5.98. The monoisotopic (exact) mass is 288 g/mol. The maximum absolute atomic E-state index is 12.9. The summed E-state index contributed by atoms with van der Waals surface area (Å²) in [6.07, 6.45) is 5.15. The Hall–Kier alpha value is -1.35. The number of hydrogen-bond acceptors (Lipinski definition) is 2. The molecule has 1 heterocycles. The lowest BCUT2D eigenvalue weighted by atomic mass is 9.90. The van der Waals surface area contributed by atoms with Gasteiger partial charge in [0, 0.05) is 19.0 Å². The summed E-state index contributed by atoms with van der Waals surface area (Å²) in [6, 6.07) is 8.45. The average molecular weight is 288 g/mol. The van der Waals surface area contributed by atoms with Crippen LogP contribution in [-0.4, -0.2) is 23.9 Å². The highest BCUT2D eigenvalue weighted by molar-refractivity contribution is 5.79. The Morgan fingerprint density at radius 1 is 1.38 bits per heavy atom. The van der Waals surface area contributed by atoms with Gasteiger partial charge in [-0.1, -0.05) is 51.0 Å². The summed E-state index contributed by atoms with van der Waals surface area (Å²) in [7, 11) is 0. The summed E-state index contributed by atoms with van der Waals surface area (Å²) in [5, 5.41) is 0. The quantitative estimate of drug-likeness (QED) is 0.873. The molecule has 1 amide bonds. The molecule has 2 atom stereocenters. The fourth-order valence-electron chi connectivity index (χ4n) is 3.36. The van der Waals surface area contributed by atoms with Crippen molar-refractivity contribution in [1.29, 1.82) is 0 Å². The van der Waals surface area contributed by atoms with E-state index in [2.05, 4.69) is 32.0 Å². The van der Waals surface area contributed by atoms with Gasteiger partial charge in [0.15, 0.2) is 0 Å². The second kappa shape index (κ2) is 7.60. The van der Waals surface area contributed by atoms with Crippen molar-refractivity contribution in [2.24, 2.45) is 11.7 Å². The fourth-order valence-corrected chi connectivity index (χ4v) is 3.36. The van der Waals surface area contributed by atoms with E-state index in [1.807, 2.05) is 11.0 Å². The van der Waals surface area contributed by atoms with Crippen LogP contribution in [0, 0.1) is 5.92 Å². The van der Waals surface area contributed by atoms with E-state index in [9.17, 15) is 4.79 Å². The lowest BCUT2D eigenvalue weighted by Crippen LogP contribution is -2.45. The van der Waals surface area contributed by atoms with Crippen molar-refractivity contribution in [2.45, 2.75) is 52.0 Å². The van der Waals surface area contributed by atoms with Gasteiger partial charge in [-0.2, -0.15) is 0 Å². The molecular formula is C18H28N2O. The minimum Gasteiger partial charge on any atom is -0.334 e. The third-order valence-electron chi connectivity index (χ3n) is 4.67. The predicted molar refractivity (Wildman–Crippen MR) is 87.0 cm³/mol. The van der Waals surface area contributed by atoms with Crippen LogP contribution in [0.15, 0.2) is 24.3 Å². The number of rotatable bonds is 6. The van der Waals surface area contributed by atoms with Gasteiger partial charge >= 0.3 is 0 Å². The molecule has 116 valence electrons. The van der Waals surface area contributed by atoms with Crippen molar-refractivity contribution >= 4 is 5.91 Å². The Morgan fingerprint density at radius 2 is 2.14 bits per heavy atom. The first kappa shape index (κ1) is 16.0. The van der Waals surface area contributed by atoms with Crippen molar-refractivity contribution in [1.82, 2.24) is 4.90 Å². The number of nitrogens with two attached hydrogens (primary N) is 1. The summed E-state index contributed by atoms with van der Waals surface area (Å²) < 4.78 is 0. The zero-order valence-electron chi connectivity index (χ0n) is 13.3. The maximum atomic E-state index is 12.9. The average Bonchev–Trinajstić information content (AvgIpc) is 2.54. The Balaban J connectivity index is 2.18. The summed E-state index contributed by atoms with van der Waals surface area (Å²) in [5.74, 6) is 0.458.